The molecule has 0 heterocycles. The lowest BCUT2D eigenvalue weighted by Gasteiger charge is -2.22. The van der Waals surface area contributed by atoms with Gasteiger partial charge in [0.2, 0.25) is 0 Å². The van der Waals surface area contributed by atoms with Crippen LogP contribution in [0.5, 0.6) is 0 Å². The number of unbranched alkanes of at least 4 members (excludes halogenated alkanes) is 3. The van der Waals surface area contributed by atoms with Gasteiger partial charge in [0.05, 0.1) is 32.2 Å². The molecule has 170 valence electrons. The number of hydrogen-bond acceptors (Lipinski definition) is 6. The van der Waals surface area contributed by atoms with Crippen LogP contribution in [0, 0.1) is 0 Å². The molecule has 0 bridgehead atoms. The summed E-state index contributed by atoms with van der Waals surface area (Å²) in [7, 11) is 0. The Morgan fingerprint density at radius 1 is 0.700 bits per heavy atom. The van der Waals surface area contributed by atoms with E-state index in [1.165, 1.54) is 25.7 Å². The van der Waals surface area contributed by atoms with Gasteiger partial charge in [0, 0.05) is 34.2 Å². The molecule has 7 N–H and O–H groups in total. The van der Waals surface area contributed by atoms with E-state index >= 15 is 0 Å². The van der Waals surface area contributed by atoms with Crippen molar-refractivity contribution in [2.75, 3.05) is 26.2 Å². The zero-order valence-electron chi connectivity index (χ0n) is 19.3. The Morgan fingerprint density at radius 2 is 1.23 bits per heavy atom. The Balaban J connectivity index is 3.99. The Morgan fingerprint density at radius 3 is 1.83 bits per heavy atom. The Bertz CT molecular complexity index is 605. The van der Waals surface area contributed by atoms with Gasteiger partial charge in [-0.15, -0.1) is 0 Å². The molecule has 0 rings (SSSR count). The van der Waals surface area contributed by atoms with Crippen LogP contribution in [-0.2, 0) is 0 Å². The van der Waals surface area contributed by atoms with Gasteiger partial charge in [-0.1, -0.05) is 65.7 Å². The van der Waals surface area contributed by atoms with E-state index in [0.29, 0.717) is 31.9 Å². The molecule has 0 spiro atoms. The summed E-state index contributed by atoms with van der Waals surface area (Å²) in [6.45, 7) is 30.4. The molecule has 0 aliphatic carbocycles. The lowest BCUT2D eigenvalue weighted by Crippen LogP contribution is -2.37. The normalized spacial score (nSPS) is 11.0. The lowest BCUT2D eigenvalue weighted by molar-refractivity contribution is 0.606. The number of hydrogen-bond donors (Lipinski definition) is 6. The Labute approximate surface area is 184 Å². The van der Waals surface area contributed by atoms with Crippen molar-refractivity contribution in [1.29, 1.82) is 0 Å². The molecule has 0 aliphatic rings. The second-order valence-corrected chi connectivity index (χ2v) is 7.69. The van der Waals surface area contributed by atoms with Crippen molar-refractivity contribution in [2.45, 2.75) is 52.0 Å². The molecule has 0 radical (unpaired) electrons. The number of nitrogens with two attached hydrogens (primary N) is 1. The molecule has 1 atom stereocenters. The molecule has 0 saturated carbocycles. The molecule has 6 nitrogen and oxygen atoms in total. The van der Waals surface area contributed by atoms with Crippen LogP contribution in [-0.4, -0.2) is 32.2 Å². The van der Waals surface area contributed by atoms with E-state index in [4.69, 9.17) is 5.73 Å². The number of nitrogens with one attached hydrogen (secondary N) is 5. The van der Waals surface area contributed by atoms with Crippen LogP contribution in [0.2, 0.25) is 0 Å². The first-order valence-corrected chi connectivity index (χ1v) is 10.7. The van der Waals surface area contributed by atoms with Crippen LogP contribution in [0.1, 0.15) is 46.0 Å². The van der Waals surface area contributed by atoms with Crippen LogP contribution >= 0.6 is 0 Å². The van der Waals surface area contributed by atoms with E-state index in [-0.39, 0.29) is 6.04 Å². The molecule has 1 unspecified atom stereocenters. The summed E-state index contributed by atoms with van der Waals surface area (Å²) < 4.78 is 0. The fourth-order valence-corrected chi connectivity index (χ4v) is 2.50. The van der Waals surface area contributed by atoms with Gasteiger partial charge in [0.1, 0.15) is 0 Å². The van der Waals surface area contributed by atoms with E-state index < -0.39 is 0 Å². The standard InChI is InChI=1S/C24H44N6/c1-9-10-11-12-13-19(3)27-17-22(6)30-24(8)23(7)29-16-21(5)28-15-20(4)26-14-18(2)25/h24,26-30H,2-7,9-17,25H2,1,8H3. The highest BCUT2D eigenvalue weighted by Gasteiger charge is 2.08. The SMILES string of the molecule is C=C(N)CNC(=C)CNC(=C)CNC(=C)C(C)NC(=C)CNC(=C)CCCCCC. The second kappa shape index (κ2) is 16.1. The third-order valence-corrected chi connectivity index (χ3v) is 4.47. The molecular weight excluding hydrogens is 372 g/mol. The van der Waals surface area contributed by atoms with Crippen LogP contribution < -0.4 is 32.3 Å². The minimum atomic E-state index is 0.0390. The maximum atomic E-state index is 5.53. The van der Waals surface area contributed by atoms with Crippen molar-refractivity contribution in [2.24, 2.45) is 5.73 Å². The first-order chi connectivity index (χ1) is 14.1. The van der Waals surface area contributed by atoms with E-state index in [1.807, 2.05) is 6.92 Å². The quantitative estimate of drug-likeness (QED) is 0.171. The molecule has 0 aliphatic heterocycles. The second-order valence-electron chi connectivity index (χ2n) is 7.69. The maximum absolute atomic E-state index is 5.53. The lowest BCUT2D eigenvalue weighted by atomic mass is 10.1. The average Bonchev–Trinajstić information content (AvgIpc) is 2.70. The molecule has 0 saturated heterocycles. The number of allylic oxidation sites excluding steroid dienone is 1. The van der Waals surface area contributed by atoms with E-state index in [9.17, 15) is 0 Å². The predicted octanol–water partition coefficient (Wildman–Crippen LogP) is 3.33. The highest BCUT2D eigenvalue weighted by Crippen LogP contribution is 2.07. The molecule has 0 aromatic rings. The molecule has 0 amide bonds. The van der Waals surface area contributed by atoms with Gasteiger partial charge in [-0.25, -0.2) is 0 Å². The topological polar surface area (TPSA) is 86.2 Å². The van der Waals surface area contributed by atoms with Gasteiger partial charge in [0.15, 0.2) is 0 Å². The van der Waals surface area contributed by atoms with Crippen molar-refractivity contribution < 1.29 is 0 Å². The largest absolute Gasteiger partial charge is 0.401 e. The molecule has 30 heavy (non-hydrogen) atoms. The van der Waals surface area contributed by atoms with Crippen molar-refractivity contribution in [1.82, 2.24) is 26.6 Å². The van der Waals surface area contributed by atoms with Crippen molar-refractivity contribution in [3.8, 4) is 0 Å². The third kappa shape index (κ3) is 15.2. The summed E-state index contributed by atoms with van der Waals surface area (Å²) in [6.07, 6.45) is 5.98. The Hall–Kier alpha value is -2.76. The summed E-state index contributed by atoms with van der Waals surface area (Å²) in [5.41, 5.74) is 10.6. The summed E-state index contributed by atoms with van der Waals surface area (Å²) in [5, 5.41) is 16.3. The van der Waals surface area contributed by atoms with Crippen molar-refractivity contribution in [3.05, 3.63) is 73.7 Å². The van der Waals surface area contributed by atoms with E-state index in [0.717, 1.165) is 34.9 Å². The van der Waals surface area contributed by atoms with Crippen molar-refractivity contribution in [3.63, 3.8) is 0 Å². The molecular formula is C24H44N6. The minimum absolute atomic E-state index is 0.0390. The monoisotopic (exact) mass is 416 g/mol. The van der Waals surface area contributed by atoms with Gasteiger partial charge in [-0.3, -0.25) is 0 Å². The maximum Gasteiger partial charge on any atom is 0.0623 e. The smallest absolute Gasteiger partial charge is 0.0623 e. The fourth-order valence-electron chi connectivity index (χ4n) is 2.50. The molecule has 0 aromatic carbocycles. The van der Waals surface area contributed by atoms with Crippen LogP contribution in [0.15, 0.2) is 73.7 Å². The van der Waals surface area contributed by atoms with Gasteiger partial charge in [0.25, 0.3) is 0 Å². The Kier molecular flexibility index (Phi) is 14.6. The molecule has 6 heteroatoms. The van der Waals surface area contributed by atoms with Crippen LogP contribution in [0.3, 0.4) is 0 Å². The summed E-state index contributed by atoms with van der Waals surface area (Å²) in [5.74, 6) is 0. The predicted molar refractivity (Wildman–Crippen MR) is 132 cm³/mol. The van der Waals surface area contributed by atoms with Crippen LogP contribution in [0.25, 0.3) is 0 Å². The highest BCUT2D eigenvalue weighted by molar-refractivity contribution is 5.11. The summed E-state index contributed by atoms with van der Waals surface area (Å²) >= 11 is 0. The minimum Gasteiger partial charge on any atom is -0.401 e. The molecule has 0 fully saturated rings. The van der Waals surface area contributed by atoms with Gasteiger partial charge in [-0.05, 0) is 19.8 Å². The van der Waals surface area contributed by atoms with E-state index in [2.05, 4.69) is 73.0 Å². The zero-order valence-corrected chi connectivity index (χ0v) is 19.3. The average molecular weight is 417 g/mol. The van der Waals surface area contributed by atoms with Gasteiger partial charge in [-0.2, -0.15) is 0 Å². The fraction of sp³-hybridized carbons (Fsp3) is 0.500. The summed E-state index contributed by atoms with van der Waals surface area (Å²) in [4.78, 5) is 0. The first kappa shape index (κ1) is 27.2. The first-order valence-electron chi connectivity index (χ1n) is 10.7. The van der Waals surface area contributed by atoms with Crippen LogP contribution in [0.4, 0.5) is 0 Å². The zero-order chi connectivity index (χ0) is 22.9. The molecule has 0 aromatic heterocycles. The summed E-state index contributed by atoms with van der Waals surface area (Å²) in [6, 6.07) is 0.0390. The van der Waals surface area contributed by atoms with Crippen molar-refractivity contribution >= 4 is 0 Å². The number of rotatable bonds is 20. The van der Waals surface area contributed by atoms with Gasteiger partial charge >= 0.3 is 0 Å². The van der Waals surface area contributed by atoms with E-state index in [1.54, 1.807) is 0 Å². The highest BCUT2D eigenvalue weighted by atomic mass is 15.0. The third-order valence-electron chi connectivity index (χ3n) is 4.47. The van der Waals surface area contributed by atoms with Gasteiger partial charge < -0.3 is 32.3 Å².